The summed E-state index contributed by atoms with van der Waals surface area (Å²) >= 11 is 11.3. The molecule has 15 heteroatoms. The second kappa shape index (κ2) is 10.9. The Morgan fingerprint density at radius 1 is 0.838 bits per heavy atom. The first kappa shape index (κ1) is 28.8. The zero-order valence-corrected chi connectivity index (χ0v) is 23.7. The lowest BCUT2D eigenvalue weighted by Gasteiger charge is -2.01. The van der Waals surface area contributed by atoms with E-state index < -0.39 is 32.3 Å². The first-order valence-corrected chi connectivity index (χ1v) is 14.6. The predicted molar refractivity (Wildman–Crippen MR) is 138 cm³/mol. The van der Waals surface area contributed by atoms with Gasteiger partial charge in [-0.15, -0.1) is 0 Å². The Hall–Kier alpha value is -2.74. The fourth-order valence-electron chi connectivity index (χ4n) is 3.78. The van der Waals surface area contributed by atoms with Gasteiger partial charge in [0.05, 0.1) is 20.8 Å². The maximum Gasteiger partial charge on any atom is 0.192 e. The number of hydrogen-bond acceptors (Lipinski definition) is 7. The first-order valence-electron chi connectivity index (χ1n) is 10.4. The summed E-state index contributed by atoms with van der Waals surface area (Å²) < 4.78 is 65.2. The Balaban J connectivity index is 0.000000206. The standard InChI is InChI=1S/C11H11ClFN3O2S.C11H11ClFN3OS/c1-6-9(10-8(13)4-7(12)5-14-10)15-16(2)11(6)19(3,17)18;1-6-9(15-16(2)11(6)18(3)17)10-8(13)4-7(12)5-14-10/h4-5H,1-3H3;4-5H,1-3H3. The van der Waals surface area contributed by atoms with E-state index in [9.17, 15) is 21.4 Å². The molecule has 4 aromatic heterocycles. The molecule has 4 rings (SSSR count). The summed E-state index contributed by atoms with van der Waals surface area (Å²) in [7, 11) is -1.49. The number of sulfone groups is 1. The topological polar surface area (TPSA) is 113 Å². The highest BCUT2D eigenvalue weighted by Crippen LogP contribution is 2.29. The van der Waals surface area contributed by atoms with Gasteiger partial charge in [0.2, 0.25) is 0 Å². The van der Waals surface area contributed by atoms with Crippen LogP contribution in [0.2, 0.25) is 10.0 Å². The van der Waals surface area contributed by atoms with Crippen molar-refractivity contribution in [3.63, 3.8) is 0 Å². The van der Waals surface area contributed by atoms with E-state index in [0.29, 0.717) is 21.8 Å². The zero-order valence-electron chi connectivity index (χ0n) is 20.5. The van der Waals surface area contributed by atoms with Crippen LogP contribution in [-0.4, -0.2) is 54.7 Å². The van der Waals surface area contributed by atoms with E-state index >= 15 is 0 Å². The van der Waals surface area contributed by atoms with Crippen molar-refractivity contribution in [2.24, 2.45) is 14.1 Å². The average molecular weight is 591 g/mol. The van der Waals surface area contributed by atoms with E-state index in [4.69, 9.17) is 23.2 Å². The lowest BCUT2D eigenvalue weighted by Crippen LogP contribution is -2.06. The molecule has 0 bridgehead atoms. The molecule has 1 atom stereocenters. The largest absolute Gasteiger partial charge is 0.259 e. The summed E-state index contributed by atoms with van der Waals surface area (Å²) in [5.41, 5.74) is 1.69. The minimum Gasteiger partial charge on any atom is -0.259 e. The Labute approximate surface area is 224 Å². The lowest BCUT2D eigenvalue weighted by molar-refractivity contribution is 0.581. The second-order valence-electron chi connectivity index (χ2n) is 8.00. The van der Waals surface area contributed by atoms with Crippen molar-refractivity contribution in [3.05, 3.63) is 57.3 Å². The molecule has 37 heavy (non-hydrogen) atoms. The van der Waals surface area contributed by atoms with Gasteiger partial charge in [0.25, 0.3) is 0 Å². The fourth-order valence-corrected chi connectivity index (χ4v) is 6.18. The molecular formula is C22H22Cl2F2N6O3S2. The highest BCUT2D eigenvalue weighted by atomic mass is 35.5. The molecule has 4 aromatic rings. The molecule has 0 radical (unpaired) electrons. The second-order valence-corrected chi connectivity index (χ2v) is 12.1. The number of nitrogens with zero attached hydrogens (tertiary/aromatic N) is 6. The molecule has 0 aliphatic rings. The summed E-state index contributed by atoms with van der Waals surface area (Å²) in [5, 5.41) is 9.19. The van der Waals surface area contributed by atoms with Gasteiger partial charge >= 0.3 is 0 Å². The quantitative estimate of drug-likeness (QED) is 0.348. The van der Waals surface area contributed by atoms with Crippen LogP contribution in [0.15, 0.2) is 34.6 Å². The predicted octanol–water partition coefficient (Wildman–Crippen LogP) is 4.31. The van der Waals surface area contributed by atoms with Gasteiger partial charge in [0.15, 0.2) is 26.5 Å². The molecule has 0 aliphatic heterocycles. The normalized spacial score (nSPS) is 12.3. The van der Waals surface area contributed by atoms with E-state index in [2.05, 4.69) is 20.2 Å². The van der Waals surface area contributed by atoms with Gasteiger partial charge in [-0.1, -0.05) is 23.2 Å². The monoisotopic (exact) mass is 590 g/mol. The van der Waals surface area contributed by atoms with Crippen molar-refractivity contribution >= 4 is 43.8 Å². The minimum atomic E-state index is -3.45. The van der Waals surface area contributed by atoms with E-state index in [1.807, 2.05) is 0 Å². The molecule has 0 N–H and O–H groups in total. The van der Waals surface area contributed by atoms with Crippen molar-refractivity contribution in [1.29, 1.82) is 0 Å². The van der Waals surface area contributed by atoms with Crippen LogP contribution < -0.4 is 0 Å². The molecule has 4 heterocycles. The smallest absolute Gasteiger partial charge is 0.192 e. The molecule has 0 fully saturated rings. The summed E-state index contributed by atoms with van der Waals surface area (Å²) in [6.45, 7) is 3.31. The number of aryl methyl sites for hydroxylation is 2. The van der Waals surface area contributed by atoms with E-state index in [-0.39, 0.29) is 32.2 Å². The van der Waals surface area contributed by atoms with Crippen LogP contribution in [-0.2, 0) is 34.7 Å². The lowest BCUT2D eigenvalue weighted by atomic mass is 10.2. The van der Waals surface area contributed by atoms with Gasteiger partial charge in [0.1, 0.15) is 27.8 Å². The molecule has 0 spiro atoms. The van der Waals surface area contributed by atoms with Gasteiger partial charge in [-0.25, -0.2) is 27.2 Å². The van der Waals surface area contributed by atoms with Gasteiger partial charge in [-0.2, -0.15) is 10.2 Å². The average Bonchev–Trinajstić information content (AvgIpc) is 3.22. The van der Waals surface area contributed by atoms with E-state index in [1.165, 1.54) is 34.9 Å². The van der Waals surface area contributed by atoms with Gasteiger partial charge < -0.3 is 0 Å². The maximum atomic E-state index is 13.8. The molecule has 0 aromatic carbocycles. The van der Waals surface area contributed by atoms with E-state index in [0.717, 1.165) is 12.3 Å². The molecule has 0 aliphatic carbocycles. The van der Waals surface area contributed by atoms with E-state index in [1.54, 1.807) is 27.2 Å². The molecule has 0 saturated carbocycles. The number of rotatable bonds is 4. The highest BCUT2D eigenvalue weighted by Gasteiger charge is 2.24. The Bertz CT molecular complexity index is 1640. The molecule has 9 nitrogen and oxygen atoms in total. The van der Waals surface area contributed by atoms with Crippen LogP contribution in [0.25, 0.3) is 22.8 Å². The van der Waals surface area contributed by atoms with Crippen molar-refractivity contribution < 1.29 is 21.4 Å². The maximum absolute atomic E-state index is 13.8. The van der Waals surface area contributed by atoms with Crippen LogP contribution in [0.4, 0.5) is 8.78 Å². The number of halogens is 4. The van der Waals surface area contributed by atoms with Gasteiger partial charge in [-0.05, 0) is 26.0 Å². The third-order valence-corrected chi connectivity index (χ3v) is 7.93. The fraction of sp³-hybridized carbons (Fsp3) is 0.273. The third-order valence-electron chi connectivity index (χ3n) is 5.13. The Morgan fingerprint density at radius 2 is 1.27 bits per heavy atom. The van der Waals surface area contributed by atoms with Gasteiger partial charge in [-0.3, -0.25) is 13.6 Å². The number of aromatic nitrogens is 6. The van der Waals surface area contributed by atoms with Gasteiger partial charge in [0, 0.05) is 50.1 Å². The Kier molecular flexibility index (Phi) is 8.52. The van der Waals surface area contributed by atoms with Crippen LogP contribution in [0.5, 0.6) is 0 Å². The molecule has 1 unspecified atom stereocenters. The summed E-state index contributed by atoms with van der Waals surface area (Å²) in [5.74, 6) is -1.19. The highest BCUT2D eigenvalue weighted by molar-refractivity contribution is 7.90. The first-order chi connectivity index (χ1) is 17.1. The van der Waals surface area contributed by atoms with Crippen molar-refractivity contribution in [1.82, 2.24) is 29.5 Å². The molecule has 0 saturated heterocycles. The summed E-state index contributed by atoms with van der Waals surface area (Å²) in [6, 6.07) is 2.29. The van der Waals surface area contributed by atoms with Crippen molar-refractivity contribution in [2.45, 2.75) is 23.9 Å². The van der Waals surface area contributed by atoms with Crippen molar-refractivity contribution in [3.8, 4) is 22.8 Å². The number of pyridine rings is 2. The summed E-state index contributed by atoms with van der Waals surface area (Å²) in [4.78, 5) is 7.81. The molecule has 198 valence electrons. The zero-order chi connectivity index (χ0) is 27.8. The SMILES string of the molecule is Cc1c(-c2ncc(Cl)cc2F)nn(C)c1S(C)(=O)=O.Cc1c(-c2ncc(Cl)cc2F)nn(C)c1S(C)=O. The van der Waals surface area contributed by atoms with Crippen LogP contribution in [0.3, 0.4) is 0 Å². The van der Waals surface area contributed by atoms with Crippen LogP contribution >= 0.6 is 23.2 Å². The molecular weight excluding hydrogens is 569 g/mol. The van der Waals surface area contributed by atoms with Crippen LogP contribution in [0, 0.1) is 25.5 Å². The van der Waals surface area contributed by atoms with Crippen molar-refractivity contribution in [2.75, 3.05) is 12.5 Å². The third kappa shape index (κ3) is 6.06. The Morgan fingerprint density at radius 3 is 1.62 bits per heavy atom. The minimum absolute atomic E-state index is 0.0209. The van der Waals surface area contributed by atoms with Crippen LogP contribution in [0.1, 0.15) is 11.1 Å². The summed E-state index contributed by atoms with van der Waals surface area (Å²) in [6.07, 6.45) is 5.27. The molecule has 0 amide bonds. The number of hydrogen-bond donors (Lipinski definition) is 0.